The van der Waals surface area contributed by atoms with Gasteiger partial charge in [0.15, 0.2) is 0 Å². The van der Waals surface area contributed by atoms with Crippen molar-refractivity contribution in [3.63, 3.8) is 0 Å². The zero-order valence-electron chi connectivity index (χ0n) is 9.96. The van der Waals surface area contributed by atoms with E-state index < -0.39 is 0 Å². The summed E-state index contributed by atoms with van der Waals surface area (Å²) >= 11 is 1.50. The van der Waals surface area contributed by atoms with Gasteiger partial charge < -0.3 is 10.6 Å². The van der Waals surface area contributed by atoms with E-state index in [4.69, 9.17) is 5.73 Å². The lowest BCUT2D eigenvalue weighted by Gasteiger charge is -2.34. The summed E-state index contributed by atoms with van der Waals surface area (Å²) in [6.07, 6.45) is 5.19. The summed E-state index contributed by atoms with van der Waals surface area (Å²) in [6.45, 7) is 4.54. The maximum absolute atomic E-state index is 5.95. The van der Waals surface area contributed by atoms with Gasteiger partial charge in [-0.3, -0.25) is 4.90 Å². The molecule has 2 aliphatic rings. The third-order valence-corrected chi connectivity index (χ3v) is 4.60. The van der Waals surface area contributed by atoms with Crippen molar-refractivity contribution in [3.8, 4) is 0 Å². The first-order chi connectivity index (χ1) is 8.33. The van der Waals surface area contributed by atoms with Crippen LogP contribution in [0.2, 0.25) is 0 Å². The smallest absolute Gasteiger partial charge is 0.204 e. The lowest BCUT2D eigenvalue weighted by molar-refractivity contribution is 0.163. The molecule has 0 bridgehead atoms. The number of hydrogen-bond acceptors (Lipinski definition) is 6. The molecule has 1 atom stereocenters. The Hall–Kier alpha value is -0.720. The van der Waals surface area contributed by atoms with E-state index >= 15 is 0 Å². The van der Waals surface area contributed by atoms with Crippen molar-refractivity contribution in [2.75, 3.05) is 31.1 Å². The monoisotopic (exact) mass is 253 g/mol. The van der Waals surface area contributed by atoms with Gasteiger partial charge in [-0.1, -0.05) is 0 Å². The summed E-state index contributed by atoms with van der Waals surface area (Å²) in [5.74, 6) is 0. The average Bonchev–Trinajstić information content (AvgIpc) is 3.00. The van der Waals surface area contributed by atoms with Crippen molar-refractivity contribution in [1.29, 1.82) is 0 Å². The minimum Gasteiger partial charge on any atom is -0.345 e. The molecule has 1 aromatic heterocycles. The van der Waals surface area contributed by atoms with Crippen LogP contribution in [0.1, 0.15) is 19.3 Å². The quantitative estimate of drug-likeness (QED) is 0.833. The Morgan fingerprint density at radius 1 is 1.24 bits per heavy atom. The Bertz CT molecular complexity index is 347. The minimum absolute atomic E-state index is 0.423. The lowest BCUT2D eigenvalue weighted by atomic mass is 10.0. The fraction of sp³-hybridized carbons (Fsp3) is 0.818. The highest BCUT2D eigenvalue weighted by molar-refractivity contribution is 7.09. The molecule has 17 heavy (non-hydrogen) atoms. The van der Waals surface area contributed by atoms with E-state index in [-0.39, 0.29) is 0 Å². The van der Waals surface area contributed by atoms with Gasteiger partial charge in [-0.05, 0) is 32.4 Å². The minimum atomic E-state index is 0.423. The first-order valence-electron chi connectivity index (χ1n) is 6.34. The molecule has 2 fully saturated rings. The summed E-state index contributed by atoms with van der Waals surface area (Å²) in [5, 5.41) is 1.07. The van der Waals surface area contributed by atoms with Crippen LogP contribution in [0.4, 0.5) is 5.13 Å². The molecule has 2 saturated heterocycles. The van der Waals surface area contributed by atoms with Crippen molar-refractivity contribution in [2.24, 2.45) is 5.73 Å². The van der Waals surface area contributed by atoms with Crippen LogP contribution in [0.5, 0.6) is 0 Å². The molecule has 3 heterocycles. The Labute approximate surface area is 106 Å². The van der Waals surface area contributed by atoms with E-state index in [1.807, 2.05) is 0 Å². The molecular weight excluding hydrogens is 234 g/mol. The molecule has 3 rings (SSSR count). The van der Waals surface area contributed by atoms with Crippen LogP contribution in [-0.4, -0.2) is 52.5 Å². The summed E-state index contributed by atoms with van der Waals surface area (Å²) in [4.78, 5) is 9.24. The zero-order chi connectivity index (χ0) is 11.7. The van der Waals surface area contributed by atoms with Gasteiger partial charge in [0.2, 0.25) is 5.13 Å². The van der Waals surface area contributed by atoms with Crippen LogP contribution in [0.15, 0.2) is 6.33 Å². The second-order valence-corrected chi connectivity index (χ2v) is 5.74. The average molecular weight is 253 g/mol. The predicted octanol–water partition coefficient (Wildman–Crippen LogP) is 0.540. The van der Waals surface area contributed by atoms with Gasteiger partial charge in [0.25, 0.3) is 0 Å². The van der Waals surface area contributed by atoms with Crippen LogP contribution in [0, 0.1) is 0 Å². The molecule has 94 valence electrons. The molecule has 0 saturated carbocycles. The molecule has 0 aliphatic carbocycles. The fourth-order valence-corrected chi connectivity index (χ4v) is 3.37. The summed E-state index contributed by atoms with van der Waals surface area (Å²) < 4.78 is 4.07. The summed E-state index contributed by atoms with van der Waals surface area (Å²) in [7, 11) is 0. The van der Waals surface area contributed by atoms with E-state index in [9.17, 15) is 0 Å². The number of hydrogen-bond donors (Lipinski definition) is 1. The Morgan fingerprint density at radius 3 is 2.76 bits per heavy atom. The Kier molecular flexibility index (Phi) is 3.26. The van der Waals surface area contributed by atoms with Gasteiger partial charge in [0.05, 0.1) is 0 Å². The predicted molar refractivity (Wildman–Crippen MR) is 69.3 cm³/mol. The number of aromatic nitrogens is 2. The standard InChI is InChI=1S/C11H19N5S/c12-9-1-4-15(5-2-9)10-3-6-16(7-10)11-13-8-14-17-11/h8-10H,1-7,12H2. The van der Waals surface area contributed by atoms with Gasteiger partial charge >= 0.3 is 0 Å². The largest absolute Gasteiger partial charge is 0.345 e. The Balaban J connectivity index is 1.57. The molecule has 0 radical (unpaired) electrons. The van der Waals surface area contributed by atoms with Crippen molar-refractivity contribution in [3.05, 3.63) is 6.33 Å². The molecule has 1 aromatic rings. The fourth-order valence-electron chi connectivity index (χ4n) is 2.80. The Morgan fingerprint density at radius 2 is 2.06 bits per heavy atom. The van der Waals surface area contributed by atoms with E-state index in [1.165, 1.54) is 18.0 Å². The molecule has 6 heteroatoms. The molecule has 5 nitrogen and oxygen atoms in total. The normalized spacial score (nSPS) is 27.8. The van der Waals surface area contributed by atoms with Gasteiger partial charge in [0, 0.05) is 36.7 Å². The van der Waals surface area contributed by atoms with Crippen molar-refractivity contribution >= 4 is 16.7 Å². The number of likely N-dealkylation sites (tertiary alicyclic amines) is 1. The second-order valence-electron chi connectivity index (χ2n) is 4.99. The maximum Gasteiger partial charge on any atom is 0.204 e. The highest BCUT2D eigenvalue weighted by atomic mass is 32.1. The number of nitrogens with two attached hydrogens (primary N) is 1. The third kappa shape index (κ3) is 2.43. The summed E-state index contributed by atoms with van der Waals surface area (Å²) in [6, 6.07) is 1.11. The first-order valence-corrected chi connectivity index (χ1v) is 7.11. The third-order valence-electron chi connectivity index (χ3n) is 3.87. The van der Waals surface area contributed by atoms with Crippen LogP contribution >= 0.6 is 11.5 Å². The molecule has 0 spiro atoms. The molecule has 0 amide bonds. The number of rotatable bonds is 2. The SMILES string of the molecule is NC1CCN(C2CCN(c3ncns3)C2)CC1. The second kappa shape index (κ2) is 4.88. The molecule has 2 aliphatic heterocycles. The highest BCUT2D eigenvalue weighted by Gasteiger charge is 2.30. The number of piperidine rings is 1. The molecule has 2 N–H and O–H groups in total. The van der Waals surface area contributed by atoms with Gasteiger partial charge in [0.1, 0.15) is 6.33 Å². The molecular formula is C11H19N5S. The zero-order valence-corrected chi connectivity index (χ0v) is 10.8. The van der Waals surface area contributed by atoms with Crippen molar-refractivity contribution in [1.82, 2.24) is 14.3 Å². The van der Waals surface area contributed by atoms with Crippen LogP contribution < -0.4 is 10.6 Å². The van der Waals surface area contributed by atoms with Gasteiger partial charge in [-0.15, -0.1) is 0 Å². The molecule has 1 unspecified atom stereocenters. The van der Waals surface area contributed by atoms with E-state index in [2.05, 4.69) is 19.2 Å². The van der Waals surface area contributed by atoms with Gasteiger partial charge in [-0.2, -0.15) is 4.37 Å². The van der Waals surface area contributed by atoms with Crippen molar-refractivity contribution < 1.29 is 0 Å². The topological polar surface area (TPSA) is 58.3 Å². The van der Waals surface area contributed by atoms with Gasteiger partial charge in [-0.25, -0.2) is 4.98 Å². The maximum atomic E-state index is 5.95. The van der Waals surface area contributed by atoms with Crippen LogP contribution in [0.3, 0.4) is 0 Å². The van der Waals surface area contributed by atoms with E-state index in [0.29, 0.717) is 12.1 Å². The van der Waals surface area contributed by atoms with E-state index in [1.54, 1.807) is 6.33 Å². The summed E-state index contributed by atoms with van der Waals surface area (Å²) in [5.41, 5.74) is 5.95. The first kappa shape index (κ1) is 11.4. The lowest BCUT2D eigenvalue weighted by Crippen LogP contribution is -2.46. The van der Waals surface area contributed by atoms with Crippen molar-refractivity contribution in [2.45, 2.75) is 31.3 Å². The molecule has 0 aromatic carbocycles. The van der Waals surface area contributed by atoms with Crippen LogP contribution in [-0.2, 0) is 0 Å². The number of nitrogens with zero attached hydrogens (tertiary/aromatic N) is 4. The highest BCUT2D eigenvalue weighted by Crippen LogP contribution is 2.25. The van der Waals surface area contributed by atoms with E-state index in [0.717, 1.165) is 44.2 Å². The number of anilines is 1. The van der Waals surface area contributed by atoms with Crippen LogP contribution in [0.25, 0.3) is 0 Å².